The molecule has 20 heteroatoms. The fourth-order valence-corrected chi connectivity index (χ4v) is 4.94. The zero-order valence-corrected chi connectivity index (χ0v) is 43.1. The maximum Gasteiger partial charge on any atom is 2.00 e. The first-order valence-corrected chi connectivity index (χ1v) is 22.5. The molecule has 0 fully saturated rings. The van der Waals surface area contributed by atoms with Crippen molar-refractivity contribution in [3.63, 3.8) is 0 Å². The van der Waals surface area contributed by atoms with Crippen LogP contribution in [0.4, 0.5) is 0 Å². The van der Waals surface area contributed by atoms with Gasteiger partial charge in [-0.3, -0.25) is 50.3 Å². The van der Waals surface area contributed by atoms with E-state index in [1.165, 1.54) is 72.8 Å². The number of phenolic OH excluding ortho intramolecular Hbond substituents is 2. The van der Waals surface area contributed by atoms with Crippen LogP contribution in [0.2, 0.25) is 0 Å². The Balaban J connectivity index is 0.000000477. The molecule has 0 saturated heterocycles. The number of hydrogen-bond donors (Lipinski definition) is 4. The molecule has 78 heavy (non-hydrogen) atoms. The van der Waals surface area contributed by atoms with Crippen LogP contribution in [0.3, 0.4) is 0 Å². The number of aromatic hydroxyl groups is 2. The maximum atomic E-state index is 11.7. The molecule has 0 spiro atoms. The van der Waals surface area contributed by atoms with Crippen molar-refractivity contribution in [1.29, 1.82) is 0 Å². The Morgan fingerprint density at radius 3 is 0.705 bits per heavy atom. The van der Waals surface area contributed by atoms with Crippen molar-refractivity contribution in [2.24, 2.45) is 10.2 Å². The molecule has 0 radical (unpaired) electrons. The Morgan fingerprint density at radius 1 is 0.321 bits per heavy atom. The van der Waals surface area contributed by atoms with Crippen LogP contribution >= 0.6 is 0 Å². The molecule has 0 atom stereocenters. The minimum absolute atomic E-state index is 0. The topological polar surface area (TPSA) is 293 Å². The number of pyridine rings is 6. The van der Waals surface area contributed by atoms with Crippen molar-refractivity contribution >= 4 is 23.6 Å². The summed E-state index contributed by atoms with van der Waals surface area (Å²) >= 11 is 0. The molecule has 0 unspecified atom stereocenters. The molecule has 18 nitrogen and oxygen atoms in total. The zero-order chi connectivity index (χ0) is 54.5. The first-order chi connectivity index (χ1) is 37.2. The third kappa shape index (κ3) is 30.1. The van der Waals surface area contributed by atoms with Crippen molar-refractivity contribution in [3.8, 4) is 23.0 Å². The van der Waals surface area contributed by atoms with Crippen LogP contribution in [0.15, 0.2) is 291 Å². The van der Waals surface area contributed by atoms with E-state index in [2.05, 4.69) is 51.0 Å². The quantitative estimate of drug-likeness (QED) is 0.0635. The van der Waals surface area contributed by atoms with E-state index in [1.54, 1.807) is 98.6 Å². The van der Waals surface area contributed by atoms with Gasteiger partial charge in [0.2, 0.25) is 0 Å². The largest absolute Gasteiger partial charge is 2.00 e. The first-order valence-electron chi connectivity index (χ1n) is 22.5. The van der Waals surface area contributed by atoms with Crippen molar-refractivity contribution in [3.05, 3.63) is 303 Å². The monoisotopic (exact) mass is 1130 g/mol. The maximum absolute atomic E-state index is 11.7. The minimum atomic E-state index is -0.924. The number of carbonyl (C=O) groups excluding carboxylic acids is 2. The summed E-state index contributed by atoms with van der Waals surface area (Å²) in [6, 6.07) is 57.1. The number of aromatic nitrogens is 6. The summed E-state index contributed by atoms with van der Waals surface area (Å²) in [5, 5.41) is 71.3. The molecule has 2 amide bonds. The summed E-state index contributed by atoms with van der Waals surface area (Å²) in [6.07, 6.45) is 21.0. The molecule has 0 aliphatic rings. The number of hydrazine groups is 1. The van der Waals surface area contributed by atoms with E-state index in [-0.39, 0.29) is 66.7 Å². The standard InChI is InChI=1S/2C14H12N2O4.6C5H5N.2Ni/c2*17-11-7-3-1-5-9(11)13(19)15-16-14(20)10-6-2-4-8-12(10)18;6*1-2-4-6-5-3-1;;/h2*1-8,17-18H,(H,15,19)(H,16,20);6*1-5H;;/q;;;;;;;;2*+2/p-4. The molecular formula is C58H50N10Ni2O8. The van der Waals surface area contributed by atoms with E-state index >= 15 is 0 Å². The van der Waals surface area contributed by atoms with Gasteiger partial charge in [0.25, 0.3) is 11.8 Å². The van der Waals surface area contributed by atoms with Gasteiger partial charge < -0.3 is 30.6 Å². The van der Waals surface area contributed by atoms with Gasteiger partial charge >= 0.3 is 33.0 Å². The van der Waals surface area contributed by atoms with Crippen molar-refractivity contribution < 1.29 is 73.2 Å². The third-order valence-corrected chi connectivity index (χ3v) is 8.45. The Hall–Kier alpha value is -10.2. The van der Waals surface area contributed by atoms with Gasteiger partial charge in [0, 0.05) is 86.2 Å². The zero-order valence-electron chi connectivity index (χ0n) is 41.1. The summed E-state index contributed by atoms with van der Waals surface area (Å²) < 4.78 is 0. The number of rotatable bonds is 5. The summed E-state index contributed by atoms with van der Waals surface area (Å²) in [6.45, 7) is 0. The Kier molecular flexibility index (Phi) is 36.5. The number of hydrogen-bond acceptors (Lipinski definition) is 16. The molecule has 0 saturated carbocycles. The number of amides is 2. The molecule has 4 aromatic carbocycles. The minimum Gasteiger partial charge on any atom is -0.872 e. The summed E-state index contributed by atoms with van der Waals surface area (Å²) in [7, 11) is 0. The number of para-hydroxylation sites is 4. The van der Waals surface area contributed by atoms with E-state index in [1.807, 2.05) is 109 Å². The van der Waals surface area contributed by atoms with Crippen LogP contribution in [0.1, 0.15) is 31.8 Å². The predicted octanol–water partition coefficient (Wildman–Crippen LogP) is 6.32. The van der Waals surface area contributed by atoms with Gasteiger partial charge in [-0.25, -0.2) is 0 Å². The predicted molar refractivity (Wildman–Crippen MR) is 281 cm³/mol. The molecule has 0 bridgehead atoms. The SMILES string of the molecule is O=C(NNC(=O)c1ccccc1O)c1ccccc1O.[Ni+2].[Ni+2].[O-]/C(=N\N=C(/[O-])c1ccccc1[O-])c1ccccc1[O-].c1ccncc1.c1ccncc1.c1ccncc1.c1ccncc1.c1ccncc1.c1ccncc1. The van der Waals surface area contributed by atoms with Crippen LogP contribution in [0, 0.1) is 0 Å². The summed E-state index contributed by atoms with van der Waals surface area (Å²) in [5.74, 6) is -4.57. The van der Waals surface area contributed by atoms with Crippen LogP contribution in [-0.4, -0.2) is 63.7 Å². The van der Waals surface area contributed by atoms with Gasteiger partial charge in [-0.1, -0.05) is 109 Å². The van der Waals surface area contributed by atoms with Crippen molar-refractivity contribution in [2.75, 3.05) is 0 Å². The van der Waals surface area contributed by atoms with Crippen LogP contribution in [0.25, 0.3) is 0 Å². The molecular weight excluding hydrogens is 1080 g/mol. The first kappa shape index (κ1) is 65.9. The Labute approximate surface area is 471 Å². The average Bonchev–Trinajstić information content (AvgIpc) is 3.50. The van der Waals surface area contributed by atoms with Gasteiger partial charge in [0.15, 0.2) is 0 Å². The molecule has 400 valence electrons. The normalized spacial score (nSPS) is 9.38. The van der Waals surface area contributed by atoms with Gasteiger partial charge in [0.05, 0.1) is 11.1 Å². The number of phenols is 2. The van der Waals surface area contributed by atoms with Crippen molar-refractivity contribution in [1.82, 2.24) is 40.8 Å². The van der Waals surface area contributed by atoms with Gasteiger partial charge in [-0.2, -0.15) is 10.2 Å². The molecule has 10 aromatic rings. The molecule has 0 aliphatic carbocycles. The Morgan fingerprint density at radius 2 is 0.526 bits per heavy atom. The van der Waals surface area contributed by atoms with E-state index in [9.17, 15) is 40.2 Å². The summed E-state index contributed by atoms with van der Waals surface area (Å²) in [5.41, 5.74) is 4.01. The van der Waals surface area contributed by atoms with E-state index in [0.29, 0.717) is 0 Å². The van der Waals surface area contributed by atoms with Crippen LogP contribution in [-0.2, 0) is 33.0 Å². The number of carbonyl (C=O) groups is 2. The second-order valence-electron chi connectivity index (χ2n) is 13.9. The van der Waals surface area contributed by atoms with Gasteiger partial charge in [-0.05, 0) is 108 Å². The smallest absolute Gasteiger partial charge is 0.872 e. The number of nitrogens with zero attached hydrogens (tertiary/aromatic N) is 8. The average molecular weight is 1130 g/mol. The number of benzene rings is 4. The second kappa shape index (κ2) is 43.3. The Bertz CT molecular complexity index is 2590. The van der Waals surface area contributed by atoms with Crippen molar-refractivity contribution in [2.45, 2.75) is 0 Å². The van der Waals surface area contributed by atoms with E-state index < -0.39 is 35.1 Å². The fraction of sp³-hybridized carbons (Fsp3) is 0. The van der Waals surface area contributed by atoms with E-state index in [4.69, 9.17) is 0 Å². The van der Waals surface area contributed by atoms with Gasteiger partial charge in [-0.15, -0.1) is 11.5 Å². The van der Waals surface area contributed by atoms with Crippen LogP contribution in [0.5, 0.6) is 23.0 Å². The van der Waals surface area contributed by atoms with Crippen LogP contribution < -0.4 is 31.3 Å². The number of nitrogens with one attached hydrogen (secondary N) is 2. The third-order valence-electron chi connectivity index (χ3n) is 8.45. The molecule has 6 heterocycles. The van der Waals surface area contributed by atoms with Gasteiger partial charge in [0.1, 0.15) is 11.5 Å². The molecule has 6 aromatic heterocycles. The second-order valence-corrected chi connectivity index (χ2v) is 13.9. The molecule has 10 rings (SSSR count). The molecule has 4 N–H and O–H groups in total. The molecule has 0 aliphatic heterocycles. The summed E-state index contributed by atoms with van der Waals surface area (Å²) in [4.78, 5) is 46.2. The van der Waals surface area contributed by atoms with E-state index in [0.717, 1.165) is 0 Å². The fourth-order valence-electron chi connectivity index (χ4n) is 4.94.